The van der Waals surface area contributed by atoms with E-state index in [4.69, 9.17) is 16.3 Å². The molecule has 0 saturated carbocycles. The summed E-state index contributed by atoms with van der Waals surface area (Å²) in [6.07, 6.45) is 0.372. The first-order chi connectivity index (χ1) is 18.8. The highest BCUT2D eigenvalue weighted by atomic mass is 79.9. The Kier molecular flexibility index (Phi) is 10.0. The summed E-state index contributed by atoms with van der Waals surface area (Å²) >= 11 is 9.89. The van der Waals surface area contributed by atoms with Gasteiger partial charge in [-0.2, -0.15) is 0 Å². The van der Waals surface area contributed by atoms with Crippen LogP contribution in [0.4, 0.5) is 0 Å². The number of amides is 2. The summed E-state index contributed by atoms with van der Waals surface area (Å²) in [4.78, 5) is 29.0. The van der Waals surface area contributed by atoms with E-state index in [-0.39, 0.29) is 30.9 Å². The molecule has 7 heteroatoms. The normalized spacial score (nSPS) is 11.8. The number of fused-ring (bicyclic) bond motifs is 1. The molecule has 0 unspecified atom stereocenters. The van der Waals surface area contributed by atoms with E-state index < -0.39 is 6.04 Å². The van der Waals surface area contributed by atoms with Gasteiger partial charge in [0.25, 0.3) is 5.91 Å². The number of hydrogen-bond acceptors (Lipinski definition) is 3. The first-order valence-corrected chi connectivity index (χ1v) is 14.1. The predicted molar refractivity (Wildman–Crippen MR) is 161 cm³/mol. The average molecular weight is 608 g/mol. The number of ether oxygens (including phenoxy) is 1. The van der Waals surface area contributed by atoms with Crippen LogP contribution < -0.4 is 10.1 Å². The molecule has 1 atom stereocenters. The maximum atomic E-state index is 13.8. The van der Waals surface area contributed by atoms with Crippen LogP contribution in [0.3, 0.4) is 0 Å². The highest BCUT2D eigenvalue weighted by molar-refractivity contribution is 9.10. The van der Waals surface area contributed by atoms with Crippen molar-refractivity contribution in [2.24, 2.45) is 5.92 Å². The number of halogens is 2. The third-order valence-corrected chi connectivity index (χ3v) is 7.43. The van der Waals surface area contributed by atoms with Gasteiger partial charge in [-0.1, -0.05) is 98.2 Å². The molecule has 1 N–H and O–H groups in total. The van der Waals surface area contributed by atoms with E-state index in [0.29, 0.717) is 23.7 Å². The van der Waals surface area contributed by atoms with E-state index in [1.165, 1.54) is 0 Å². The molecule has 0 saturated heterocycles. The Bertz CT molecular complexity index is 1430. The van der Waals surface area contributed by atoms with Gasteiger partial charge in [-0.3, -0.25) is 9.59 Å². The topological polar surface area (TPSA) is 58.6 Å². The Morgan fingerprint density at radius 2 is 1.64 bits per heavy atom. The Balaban J connectivity index is 1.63. The summed E-state index contributed by atoms with van der Waals surface area (Å²) < 4.78 is 6.81. The second-order valence-electron chi connectivity index (χ2n) is 9.88. The predicted octanol–water partition coefficient (Wildman–Crippen LogP) is 7.05. The molecule has 202 valence electrons. The second kappa shape index (κ2) is 13.6. The van der Waals surface area contributed by atoms with Crippen molar-refractivity contribution in [3.8, 4) is 5.75 Å². The second-order valence-corrected chi connectivity index (χ2v) is 11.1. The molecule has 2 amide bonds. The van der Waals surface area contributed by atoms with Gasteiger partial charge in [-0.05, 0) is 61.9 Å². The Morgan fingerprint density at radius 1 is 0.923 bits per heavy atom. The van der Waals surface area contributed by atoms with Crippen molar-refractivity contribution >= 4 is 50.1 Å². The van der Waals surface area contributed by atoms with E-state index in [9.17, 15) is 9.59 Å². The zero-order valence-electron chi connectivity index (χ0n) is 22.1. The van der Waals surface area contributed by atoms with Gasteiger partial charge >= 0.3 is 0 Å². The minimum absolute atomic E-state index is 0.199. The van der Waals surface area contributed by atoms with Gasteiger partial charge in [0.15, 0.2) is 6.61 Å². The van der Waals surface area contributed by atoms with Gasteiger partial charge in [0.2, 0.25) is 5.91 Å². The molecule has 0 aromatic heterocycles. The van der Waals surface area contributed by atoms with Crippen LogP contribution in [-0.4, -0.2) is 35.9 Å². The van der Waals surface area contributed by atoms with Crippen molar-refractivity contribution in [2.75, 3.05) is 13.2 Å². The summed E-state index contributed by atoms with van der Waals surface area (Å²) in [7, 11) is 0. The zero-order chi connectivity index (χ0) is 27.8. The summed E-state index contributed by atoms with van der Waals surface area (Å²) in [5.41, 5.74) is 1.79. The minimum atomic E-state index is -0.735. The maximum absolute atomic E-state index is 13.8. The molecule has 0 radical (unpaired) electrons. The molecule has 4 aromatic rings. The fourth-order valence-electron chi connectivity index (χ4n) is 4.36. The van der Waals surface area contributed by atoms with Gasteiger partial charge in [-0.15, -0.1) is 0 Å². The number of hydrogen-bond donors (Lipinski definition) is 1. The van der Waals surface area contributed by atoms with E-state index in [1.807, 2.05) is 98.8 Å². The summed E-state index contributed by atoms with van der Waals surface area (Å²) in [6.45, 7) is 4.59. The maximum Gasteiger partial charge on any atom is 0.261 e. The molecule has 0 aliphatic rings. The highest BCUT2D eigenvalue weighted by Crippen LogP contribution is 2.33. The van der Waals surface area contributed by atoms with Crippen molar-refractivity contribution < 1.29 is 14.3 Å². The highest BCUT2D eigenvalue weighted by Gasteiger charge is 2.31. The first-order valence-electron chi connectivity index (χ1n) is 13.0. The number of carbonyl (C=O) groups excluding carboxylic acids is 2. The molecule has 0 aliphatic heterocycles. The summed E-state index contributed by atoms with van der Waals surface area (Å²) in [5, 5.41) is 5.66. The van der Waals surface area contributed by atoms with Crippen molar-refractivity contribution in [2.45, 2.75) is 32.9 Å². The van der Waals surface area contributed by atoms with Crippen molar-refractivity contribution in [1.82, 2.24) is 10.2 Å². The monoisotopic (exact) mass is 606 g/mol. The molecular weight excluding hydrogens is 576 g/mol. The van der Waals surface area contributed by atoms with Crippen LogP contribution in [0.1, 0.15) is 25.0 Å². The van der Waals surface area contributed by atoms with E-state index in [1.54, 1.807) is 11.0 Å². The number of carbonyl (C=O) groups is 2. The van der Waals surface area contributed by atoms with Crippen molar-refractivity contribution in [3.05, 3.63) is 112 Å². The molecule has 39 heavy (non-hydrogen) atoms. The molecule has 0 spiro atoms. The lowest BCUT2D eigenvalue weighted by Crippen LogP contribution is -2.52. The molecule has 4 rings (SSSR count). The van der Waals surface area contributed by atoms with E-state index in [0.717, 1.165) is 26.4 Å². The molecule has 0 heterocycles. The fourth-order valence-corrected chi connectivity index (χ4v) is 5.18. The molecule has 0 fully saturated rings. The summed E-state index contributed by atoms with van der Waals surface area (Å²) in [6, 6.07) is 28.1. The molecular formula is C32H32BrClN2O3. The zero-order valence-corrected chi connectivity index (χ0v) is 24.4. The number of nitrogens with zero attached hydrogens (tertiary/aromatic N) is 1. The largest absolute Gasteiger partial charge is 0.483 e. The Morgan fingerprint density at radius 3 is 2.38 bits per heavy atom. The first kappa shape index (κ1) is 28.7. The van der Waals surface area contributed by atoms with Crippen molar-refractivity contribution in [1.29, 1.82) is 0 Å². The average Bonchev–Trinajstić information content (AvgIpc) is 2.94. The smallest absolute Gasteiger partial charge is 0.261 e. The number of rotatable bonds is 11. The van der Waals surface area contributed by atoms with Gasteiger partial charge in [-0.25, -0.2) is 0 Å². The van der Waals surface area contributed by atoms with Crippen molar-refractivity contribution in [3.63, 3.8) is 0 Å². The fraction of sp³-hybridized carbons (Fsp3) is 0.250. The van der Waals surface area contributed by atoms with Crippen LogP contribution >= 0.6 is 27.5 Å². The molecule has 0 aliphatic carbocycles. The standard InChI is InChI=1S/C32H32BrClN2O3/c1-22(2)19-35-32(38)28(18-23-9-4-3-5-10-23)36(20-24-11-8-13-26(34)17-24)30(37)21-39-29-16-15-25-12-6-7-14-27(25)31(29)33/h3-17,22,28H,18-21H2,1-2H3,(H,35,38)/t28-/m1/s1. The van der Waals surface area contributed by atoms with Crippen LogP contribution in [0.15, 0.2) is 95.5 Å². The number of nitrogens with one attached hydrogen (secondary N) is 1. The molecule has 0 bridgehead atoms. The SMILES string of the molecule is CC(C)CNC(=O)[C@@H](Cc1ccccc1)N(Cc1cccc(Cl)c1)C(=O)COc1ccc2ccccc2c1Br. The van der Waals surface area contributed by atoms with E-state index >= 15 is 0 Å². The third kappa shape index (κ3) is 7.84. The van der Waals surface area contributed by atoms with Crippen LogP contribution in [0, 0.1) is 5.92 Å². The third-order valence-electron chi connectivity index (χ3n) is 6.38. The Labute approximate surface area is 243 Å². The Hall–Kier alpha value is -3.35. The van der Waals surface area contributed by atoms with Gasteiger partial charge in [0.1, 0.15) is 11.8 Å². The van der Waals surface area contributed by atoms with Crippen LogP contribution in [0.5, 0.6) is 5.75 Å². The summed E-state index contributed by atoms with van der Waals surface area (Å²) in [5.74, 6) is 0.344. The molecule has 5 nitrogen and oxygen atoms in total. The lowest BCUT2D eigenvalue weighted by Gasteiger charge is -2.32. The quantitative estimate of drug-likeness (QED) is 0.199. The lowest BCUT2D eigenvalue weighted by atomic mass is 10.0. The van der Waals surface area contributed by atoms with Crippen LogP contribution in [0.25, 0.3) is 10.8 Å². The van der Waals surface area contributed by atoms with Crippen LogP contribution in [-0.2, 0) is 22.6 Å². The van der Waals surface area contributed by atoms with E-state index in [2.05, 4.69) is 21.2 Å². The minimum Gasteiger partial charge on any atom is -0.483 e. The van der Waals surface area contributed by atoms with Gasteiger partial charge in [0, 0.05) is 24.5 Å². The molecule has 4 aromatic carbocycles. The van der Waals surface area contributed by atoms with Crippen LogP contribution in [0.2, 0.25) is 5.02 Å². The number of benzene rings is 4. The van der Waals surface area contributed by atoms with Gasteiger partial charge in [0.05, 0.1) is 4.47 Å². The van der Waals surface area contributed by atoms with Gasteiger partial charge < -0.3 is 15.0 Å². The lowest BCUT2D eigenvalue weighted by molar-refractivity contribution is -0.142.